The Kier molecular flexibility index (Phi) is 5.17. The number of halogens is 1. The van der Waals surface area contributed by atoms with E-state index in [4.69, 9.17) is 6.57 Å². The highest BCUT2D eigenvalue weighted by molar-refractivity contribution is 6.07. The zero-order chi connectivity index (χ0) is 18.7. The zero-order valence-corrected chi connectivity index (χ0v) is 14.6. The molecule has 1 heterocycles. The van der Waals surface area contributed by atoms with E-state index in [0.717, 1.165) is 16.3 Å². The van der Waals surface area contributed by atoms with Crippen molar-refractivity contribution in [2.45, 2.75) is 25.6 Å². The molecule has 0 radical (unpaired) electrons. The van der Waals surface area contributed by atoms with Crippen LogP contribution in [0.5, 0.6) is 0 Å². The van der Waals surface area contributed by atoms with Gasteiger partial charge in [-0.3, -0.25) is 9.59 Å². The first-order valence-electron chi connectivity index (χ1n) is 8.57. The average molecular weight is 354 g/mol. The molecule has 0 aliphatic carbocycles. The number of carbonyl (C=O) groups excluding carboxylic acids is 2. The number of alkyl halides is 1. The Bertz CT molecular complexity index is 890. The number of hydrogen-bond acceptors (Lipinski definition) is 2. The van der Waals surface area contributed by atoms with E-state index in [1.54, 1.807) is 6.07 Å². The van der Waals surface area contributed by atoms with Crippen LogP contribution in [0.25, 0.3) is 15.6 Å². The Morgan fingerprint density at radius 2 is 2.15 bits per heavy atom. The van der Waals surface area contributed by atoms with E-state index in [-0.39, 0.29) is 43.9 Å². The molecule has 2 unspecified atom stereocenters. The van der Waals surface area contributed by atoms with E-state index in [1.165, 1.54) is 4.90 Å². The molecule has 3 rings (SSSR count). The second-order valence-electron chi connectivity index (χ2n) is 6.61. The maximum Gasteiger partial charge on any atom is 0.283 e. The van der Waals surface area contributed by atoms with Crippen molar-refractivity contribution < 1.29 is 14.0 Å². The highest BCUT2D eigenvalue weighted by Gasteiger charge is 2.37. The van der Waals surface area contributed by atoms with Gasteiger partial charge in [-0.2, -0.15) is 0 Å². The smallest absolute Gasteiger partial charge is 0.283 e. The van der Waals surface area contributed by atoms with Crippen LogP contribution in [0.4, 0.5) is 4.39 Å². The minimum Gasteiger partial charge on any atom is -0.343 e. The molecule has 0 aromatic heterocycles. The van der Waals surface area contributed by atoms with Crippen molar-refractivity contribution in [3.05, 3.63) is 52.4 Å². The van der Waals surface area contributed by atoms with Gasteiger partial charge in [0.05, 0.1) is 13.1 Å². The fraction of sp³-hybridized carbons (Fsp3) is 0.350. The van der Waals surface area contributed by atoms with Crippen molar-refractivity contribution in [2.75, 3.05) is 19.6 Å². The van der Waals surface area contributed by atoms with Crippen molar-refractivity contribution in [1.82, 2.24) is 10.2 Å². The average Bonchev–Trinajstić information content (AvgIpc) is 2.99. The Morgan fingerprint density at radius 3 is 2.92 bits per heavy atom. The number of amides is 2. The van der Waals surface area contributed by atoms with Crippen LogP contribution in [-0.4, -0.2) is 48.6 Å². The summed E-state index contributed by atoms with van der Waals surface area (Å²) in [6.45, 7) is 7.19. The van der Waals surface area contributed by atoms with Gasteiger partial charge < -0.3 is 10.2 Å². The topological polar surface area (TPSA) is 53.8 Å². The highest BCUT2D eigenvalue weighted by atomic mass is 19.1. The molecule has 6 heteroatoms. The maximum absolute atomic E-state index is 13.6. The van der Waals surface area contributed by atoms with E-state index < -0.39 is 6.17 Å². The van der Waals surface area contributed by atoms with Gasteiger partial charge in [0, 0.05) is 12.0 Å². The molecule has 0 spiro atoms. The summed E-state index contributed by atoms with van der Waals surface area (Å²) >= 11 is 0. The molecule has 0 saturated carbocycles. The number of aryl methyl sites for hydroxylation is 1. The third-order valence-corrected chi connectivity index (χ3v) is 4.68. The van der Waals surface area contributed by atoms with E-state index in [9.17, 15) is 14.0 Å². The molecule has 2 amide bonds. The third kappa shape index (κ3) is 3.67. The largest absolute Gasteiger partial charge is 0.343 e. The summed E-state index contributed by atoms with van der Waals surface area (Å²) in [4.78, 5) is 29.9. The quantitative estimate of drug-likeness (QED) is 0.918. The first kappa shape index (κ1) is 17.9. The van der Waals surface area contributed by atoms with Crippen molar-refractivity contribution >= 4 is 22.6 Å². The first-order chi connectivity index (χ1) is 12.5. The van der Waals surface area contributed by atoms with Crippen LogP contribution < -0.4 is 5.32 Å². The van der Waals surface area contributed by atoms with Gasteiger partial charge in [-0.25, -0.2) is 4.39 Å². The van der Waals surface area contributed by atoms with Crippen molar-refractivity contribution in [3.8, 4) is 6.57 Å². The molecule has 1 aliphatic rings. The number of hydrogen-bond donors (Lipinski definition) is 1. The molecule has 0 bridgehead atoms. The number of rotatable bonds is 4. The summed E-state index contributed by atoms with van der Waals surface area (Å²) < 4.78 is 13.6. The van der Waals surface area contributed by atoms with Crippen molar-refractivity contribution in [2.24, 2.45) is 0 Å². The Hall–Kier alpha value is -2.94. The van der Waals surface area contributed by atoms with Crippen LogP contribution in [0.15, 0.2) is 36.4 Å². The lowest BCUT2D eigenvalue weighted by atomic mass is 10.0. The molecular formula is C20H21FN3O2+. The monoisotopic (exact) mass is 354 g/mol. The van der Waals surface area contributed by atoms with Crippen LogP contribution in [0.2, 0.25) is 0 Å². The molecule has 134 valence electrons. The molecule has 5 nitrogen and oxygen atoms in total. The second kappa shape index (κ2) is 7.52. The summed E-state index contributed by atoms with van der Waals surface area (Å²) in [5.41, 5.74) is 1.62. The number of carbonyl (C=O) groups is 2. The van der Waals surface area contributed by atoms with Crippen molar-refractivity contribution in [3.63, 3.8) is 0 Å². The summed E-state index contributed by atoms with van der Waals surface area (Å²) in [6, 6.07) is 11.0. The molecule has 2 aromatic rings. The number of fused-ring (bicyclic) bond motifs is 1. The number of nitrogens with one attached hydrogen (secondary N) is 1. The van der Waals surface area contributed by atoms with Gasteiger partial charge in [0.2, 0.25) is 5.91 Å². The summed E-state index contributed by atoms with van der Waals surface area (Å²) in [7, 11) is 0. The number of benzene rings is 2. The van der Waals surface area contributed by atoms with Gasteiger partial charge in [0.25, 0.3) is 19.0 Å². The lowest BCUT2D eigenvalue weighted by Gasteiger charge is -2.20. The van der Waals surface area contributed by atoms with Gasteiger partial charge >= 0.3 is 0 Å². The van der Waals surface area contributed by atoms with E-state index in [0.29, 0.717) is 5.56 Å². The SMILES string of the molecule is C#[N+]CC1CC(F)CN1C(=O)CNC(=O)c1cccc2cc(C)ccc12. The molecule has 2 aromatic carbocycles. The predicted octanol–water partition coefficient (Wildman–Crippen LogP) is 2.78. The summed E-state index contributed by atoms with van der Waals surface area (Å²) in [6.07, 6.45) is -0.856. The highest BCUT2D eigenvalue weighted by Crippen LogP contribution is 2.22. The first-order valence-corrected chi connectivity index (χ1v) is 8.57. The zero-order valence-electron chi connectivity index (χ0n) is 14.6. The fourth-order valence-corrected chi connectivity index (χ4v) is 3.41. The van der Waals surface area contributed by atoms with E-state index >= 15 is 0 Å². The summed E-state index contributed by atoms with van der Waals surface area (Å²) in [5, 5.41) is 4.44. The van der Waals surface area contributed by atoms with Crippen molar-refractivity contribution in [1.29, 1.82) is 0 Å². The standard InChI is InChI=1S/C20H20FN3O2/c1-13-6-7-17-14(8-13)4-3-5-18(17)20(26)23-11-19(25)24-12-15(21)9-16(24)10-22-2/h2-8,15-16H,9-12H2,1H3/p+1. The molecule has 1 fully saturated rings. The third-order valence-electron chi connectivity index (χ3n) is 4.68. The Balaban J connectivity index is 1.69. The normalized spacial score (nSPS) is 19.3. The number of likely N-dealkylation sites (tertiary alicyclic amines) is 1. The Morgan fingerprint density at radius 1 is 1.35 bits per heavy atom. The van der Waals surface area contributed by atoms with Crippen LogP contribution in [0.1, 0.15) is 22.3 Å². The maximum atomic E-state index is 13.6. The minimum atomic E-state index is -1.08. The molecule has 2 atom stereocenters. The fourth-order valence-electron chi connectivity index (χ4n) is 3.41. The van der Waals surface area contributed by atoms with E-state index in [1.807, 2.05) is 37.3 Å². The van der Waals surface area contributed by atoms with E-state index in [2.05, 4.69) is 10.2 Å². The van der Waals surface area contributed by atoms with Crippen LogP contribution >= 0.6 is 0 Å². The minimum absolute atomic E-state index is 0.0163. The van der Waals surface area contributed by atoms with Gasteiger partial charge in [-0.05, 0) is 23.8 Å². The lowest BCUT2D eigenvalue weighted by molar-refractivity contribution is -0.130. The van der Waals surface area contributed by atoms with Gasteiger partial charge in [0.1, 0.15) is 12.2 Å². The predicted molar refractivity (Wildman–Crippen MR) is 99.2 cm³/mol. The van der Waals surface area contributed by atoms with Crippen LogP contribution in [-0.2, 0) is 4.79 Å². The van der Waals surface area contributed by atoms with Gasteiger partial charge in [-0.15, -0.1) is 0 Å². The second-order valence-corrected chi connectivity index (χ2v) is 6.61. The lowest BCUT2D eigenvalue weighted by Crippen LogP contribution is -2.43. The molecular weight excluding hydrogens is 333 g/mol. The molecule has 1 N–H and O–H groups in total. The molecule has 1 aliphatic heterocycles. The molecule has 26 heavy (non-hydrogen) atoms. The molecule has 1 saturated heterocycles. The number of nitrogens with zero attached hydrogens (tertiary/aromatic N) is 2. The Labute approximate surface area is 151 Å². The summed E-state index contributed by atoms with van der Waals surface area (Å²) in [5.74, 6) is -0.660. The van der Waals surface area contributed by atoms with Gasteiger partial charge in [-0.1, -0.05) is 40.7 Å². The van der Waals surface area contributed by atoms with Crippen LogP contribution in [0.3, 0.4) is 0 Å². The van der Waals surface area contributed by atoms with Crippen LogP contribution in [0, 0.1) is 13.5 Å². The van der Waals surface area contributed by atoms with Gasteiger partial charge in [0.15, 0.2) is 0 Å².